The highest BCUT2D eigenvalue weighted by atomic mass is 16.2. The van der Waals surface area contributed by atoms with Crippen LogP contribution in [0.25, 0.3) is 10.8 Å². The van der Waals surface area contributed by atoms with E-state index in [0.29, 0.717) is 24.3 Å². The molecule has 0 N–H and O–H groups in total. The summed E-state index contributed by atoms with van der Waals surface area (Å²) in [6, 6.07) is 14.3. The first-order valence-corrected chi connectivity index (χ1v) is 9.75. The lowest BCUT2D eigenvalue weighted by Crippen LogP contribution is -2.57. The van der Waals surface area contributed by atoms with Crippen molar-refractivity contribution in [2.24, 2.45) is 5.92 Å². The molecule has 0 aromatic heterocycles. The minimum atomic E-state index is 0.124. The number of hydrogen-bond acceptors (Lipinski definition) is 2. The van der Waals surface area contributed by atoms with Crippen LogP contribution < -0.4 is 0 Å². The number of carbonyl (C=O) groups is 2. The molecule has 2 atom stereocenters. The van der Waals surface area contributed by atoms with Gasteiger partial charge >= 0.3 is 0 Å². The van der Waals surface area contributed by atoms with Crippen LogP contribution >= 0.6 is 0 Å². The van der Waals surface area contributed by atoms with E-state index in [1.54, 1.807) is 0 Å². The first kappa shape index (κ1) is 17.1. The number of nitrogens with zero attached hydrogens (tertiary/aromatic N) is 2. The fourth-order valence-electron chi connectivity index (χ4n) is 4.65. The predicted molar refractivity (Wildman–Crippen MR) is 103 cm³/mol. The second-order valence-corrected chi connectivity index (χ2v) is 7.52. The summed E-state index contributed by atoms with van der Waals surface area (Å²) in [6.45, 7) is 4.46. The monoisotopic (exact) mass is 350 g/mol. The van der Waals surface area contributed by atoms with Crippen molar-refractivity contribution >= 4 is 22.6 Å². The Hall–Kier alpha value is -2.36. The molecule has 2 amide bonds. The lowest BCUT2D eigenvalue weighted by atomic mass is 9.83. The maximum absolute atomic E-state index is 13.2. The SMILES string of the molecule is CCCN1C(=O)CC[C@@H]2CN(C(=O)c3cccc4ccccc34)CC[C@@H]21. The Morgan fingerprint density at radius 1 is 1.12 bits per heavy atom. The summed E-state index contributed by atoms with van der Waals surface area (Å²) in [5.74, 6) is 0.827. The van der Waals surface area contributed by atoms with Gasteiger partial charge in [0.1, 0.15) is 0 Å². The Bertz CT molecular complexity index is 827. The van der Waals surface area contributed by atoms with E-state index in [4.69, 9.17) is 0 Å². The molecule has 2 aromatic carbocycles. The van der Waals surface area contributed by atoms with E-state index in [1.807, 2.05) is 47.4 Å². The number of amides is 2. The molecule has 2 saturated heterocycles. The van der Waals surface area contributed by atoms with Gasteiger partial charge in [0, 0.05) is 37.7 Å². The number of fused-ring (bicyclic) bond motifs is 2. The van der Waals surface area contributed by atoms with E-state index in [9.17, 15) is 9.59 Å². The molecule has 2 heterocycles. The molecule has 0 bridgehead atoms. The van der Waals surface area contributed by atoms with E-state index in [0.717, 1.165) is 55.2 Å². The van der Waals surface area contributed by atoms with Crippen molar-refractivity contribution < 1.29 is 9.59 Å². The third kappa shape index (κ3) is 2.98. The molecule has 2 aliphatic rings. The molecule has 2 fully saturated rings. The number of hydrogen-bond donors (Lipinski definition) is 0. The number of rotatable bonds is 3. The highest BCUT2D eigenvalue weighted by molar-refractivity contribution is 6.07. The second-order valence-electron chi connectivity index (χ2n) is 7.52. The third-order valence-electron chi connectivity index (χ3n) is 5.92. The molecule has 4 rings (SSSR count). The van der Waals surface area contributed by atoms with Gasteiger partial charge in [0.05, 0.1) is 0 Å². The van der Waals surface area contributed by atoms with Crippen molar-refractivity contribution in [1.82, 2.24) is 9.80 Å². The summed E-state index contributed by atoms with van der Waals surface area (Å²) in [7, 11) is 0. The van der Waals surface area contributed by atoms with Gasteiger partial charge in [-0.05, 0) is 42.0 Å². The van der Waals surface area contributed by atoms with Crippen LogP contribution in [0.2, 0.25) is 0 Å². The van der Waals surface area contributed by atoms with E-state index in [-0.39, 0.29) is 5.91 Å². The Morgan fingerprint density at radius 2 is 1.92 bits per heavy atom. The van der Waals surface area contributed by atoms with Gasteiger partial charge in [-0.1, -0.05) is 43.3 Å². The Kier molecular flexibility index (Phi) is 4.66. The molecule has 136 valence electrons. The molecule has 0 spiro atoms. The van der Waals surface area contributed by atoms with Gasteiger partial charge in [-0.3, -0.25) is 9.59 Å². The number of piperidine rings is 2. The van der Waals surface area contributed by atoms with Gasteiger partial charge in [0.25, 0.3) is 5.91 Å². The molecule has 0 radical (unpaired) electrons. The summed E-state index contributed by atoms with van der Waals surface area (Å²) >= 11 is 0. The van der Waals surface area contributed by atoms with Gasteiger partial charge in [-0.15, -0.1) is 0 Å². The van der Waals surface area contributed by atoms with Gasteiger partial charge < -0.3 is 9.80 Å². The molecular weight excluding hydrogens is 324 g/mol. The molecule has 4 nitrogen and oxygen atoms in total. The molecule has 2 aliphatic heterocycles. The number of benzene rings is 2. The number of carbonyl (C=O) groups excluding carboxylic acids is 2. The first-order valence-electron chi connectivity index (χ1n) is 9.75. The largest absolute Gasteiger partial charge is 0.339 e. The minimum absolute atomic E-state index is 0.124. The van der Waals surface area contributed by atoms with Crippen LogP contribution in [0, 0.1) is 5.92 Å². The molecule has 26 heavy (non-hydrogen) atoms. The third-order valence-corrected chi connectivity index (χ3v) is 5.92. The zero-order chi connectivity index (χ0) is 18.1. The van der Waals surface area contributed by atoms with Gasteiger partial charge in [0.2, 0.25) is 5.91 Å². The van der Waals surface area contributed by atoms with E-state index < -0.39 is 0 Å². The van der Waals surface area contributed by atoms with Gasteiger partial charge in [-0.25, -0.2) is 0 Å². The fourth-order valence-corrected chi connectivity index (χ4v) is 4.65. The van der Waals surface area contributed by atoms with Crippen LogP contribution in [0.3, 0.4) is 0 Å². The summed E-state index contributed by atoms with van der Waals surface area (Å²) in [6.07, 6.45) is 3.42. The van der Waals surface area contributed by atoms with Gasteiger partial charge in [0.15, 0.2) is 0 Å². The maximum atomic E-state index is 13.2. The lowest BCUT2D eigenvalue weighted by Gasteiger charge is -2.47. The predicted octanol–water partition coefficient (Wildman–Crippen LogP) is 3.70. The normalized spacial score (nSPS) is 23.2. The van der Waals surface area contributed by atoms with Crippen LogP contribution in [0.15, 0.2) is 42.5 Å². The smallest absolute Gasteiger partial charge is 0.254 e. The van der Waals surface area contributed by atoms with Crippen LogP contribution in [-0.4, -0.2) is 47.3 Å². The van der Waals surface area contributed by atoms with Crippen molar-refractivity contribution in [3.63, 3.8) is 0 Å². The second kappa shape index (κ2) is 7.10. The van der Waals surface area contributed by atoms with Crippen LogP contribution in [0.4, 0.5) is 0 Å². The standard InChI is InChI=1S/C22H26N2O2/c1-2-13-24-20-12-14-23(15-17(20)10-11-21(24)25)22(26)19-9-5-7-16-6-3-4-8-18(16)19/h3-9,17,20H,2,10-15H2,1H3/t17-,20+/m1/s1. The Balaban J connectivity index is 1.55. The quantitative estimate of drug-likeness (QED) is 0.847. The molecule has 4 heteroatoms. The average molecular weight is 350 g/mol. The summed E-state index contributed by atoms with van der Waals surface area (Å²) in [5.41, 5.74) is 0.791. The van der Waals surface area contributed by atoms with Crippen molar-refractivity contribution in [3.8, 4) is 0 Å². The lowest BCUT2D eigenvalue weighted by molar-refractivity contribution is -0.140. The van der Waals surface area contributed by atoms with Crippen molar-refractivity contribution in [3.05, 3.63) is 48.0 Å². The molecule has 0 saturated carbocycles. The van der Waals surface area contributed by atoms with Gasteiger partial charge in [-0.2, -0.15) is 0 Å². The molecular formula is C22H26N2O2. The summed E-state index contributed by atoms with van der Waals surface area (Å²) in [4.78, 5) is 29.6. The van der Waals surface area contributed by atoms with E-state index in [2.05, 4.69) is 11.8 Å². The van der Waals surface area contributed by atoms with Crippen LogP contribution in [0.5, 0.6) is 0 Å². The molecule has 0 aliphatic carbocycles. The van der Waals surface area contributed by atoms with Crippen LogP contribution in [0.1, 0.15) is 43.0 Å². The summed E-state index contributed by atoms with van der Waals surface area (Å²) in [5, 5.41) is 2.12. The van der Waals surface area contributed by atoms with Crippen LogP contribution in [-0.2, 0) is 4.79 Å². The average Bonchev–Trinajstić information content (AvgIpc) is 2.69. The molecule has 0 unspecified atom stereocenters. The minimum Gasteiger partial charge on any atom is -0.339 e. The van der Waals surface area contributed by atoms with E-state index in [1.165, 1.54) is 0 Å². The zero-order valence-corrected chi connectivity index (χ0v) is 15.4. The van der Waals surface area contributed by atoms with Crippen molar-refractivity contribution in [2.75, 3.05) is 19.6 Å². The Labute approximate surface area is 154 Å². The van der Waals surface area contributed by atoms with Crippen molar-refractivity contribution in [1.29, 1.82) is 0 Å². The fraction of sp³-hybridized carbons (Fsp3) is 0.455. The molecule has 2 aromatic rings. The topological polar surface area (TPSA) is 40.6 Å². The highest BCUT2D eigenvalue weighted by Crippen LogP contribution is 2.32. The highest BCUT2D eigenvalue weighted by Gasteiger charge is 2.40. The maximum Gasteiger partial charge on any atom is 0.254 e. The first-order chi connectivity index (χ1) is 12.7. The summed E-state index contributed by atoms with van der Waals surface area (Å²) < 4.78 is 0. The van der Waals surface area contributed by atoms with Crippen molar-refractivity contribution in [2.45, 2.75) is 38.6 Å². The number of likely N-dealkylation sites (tertiary alicyclic amines) is 2. The zero-order valence-electron chi connectivity index (χ0n) is 15.4. The Morgan fingerprint density at radius 3 is 2.77 bits per heavy atom. The van der Waals surface area contributed by atoms with E-state index >= 15 is 0 Å².